The number of aliphatic imine (C=N–C) groups is 1. The molecular weight excluding hydrogens is 647 g/mol. The number of aromatic nitrogens is 2. The second-order valence-corrected chi connectivity index (χ2v) is 11.7. The number of nitrogens with zero attached hydrogens (tertiary/aromatic N) is 5. The highest BCUT2D eigenvalue weighted by atomic mass is 32.2. The largest absolute Gasteiger partial charge is 0.464 e. The van der Waals surface area contributed by atoms with Crippen LogP contribution in [0.4, 0.5) is 0 Å². The number of hydrogen-bond donors (Lipinski definition) is 0. The summed E-state index contributed by atoms with van der Waals surface area (Å²) < 4.78 is 33.9. The van der Waals surface area contributed by atoms with Gasteiger partial charge in [-0.25, -0.2) is 24.5 Å². The molecule has 1 aliphatic rings. The number of carbonyl (C=O) groups is 2. The van der Waals surface area contributed by atoms with Gasteiger partial charge in [0, 0.05) is 50.8 Å². The highest BCUT2D eigenvalue weighted by Gasteiger charge is 2.16. The minimum absolute atomic E-state index is 0.135. The Morgan fingerprint density at radius 1 is 0.851 bits per heavy atom. The summed E-state index contributed by atoms with van der Waals surface area (Å²) in [5, 5.41) is 2.40. The smallest absolute Gasteiger partial charge is 0.356 e. The number of hydrogen-bond acceptors (Lipinski definition) is 15. The van der Waals surface area contributed by atoms with Gasteiger partial charge in [0.05, 0.1) is 89.7 Å². The molecule has 47 heavy (non-hydrogen) atoms. The van der Waals surface area contributed by atoms with Crippen molar-refractivity contribution in [2.24, 2.45) is 4.99 Å². The number of rotatable bonds is 11. The number of thioether (sulfide) groups is 1. The molecule has 15 heteroatoms. The molecule has 258 valence electrons. The van der Waals surface area contributed by atoms with Crippen LogP contribution in [0.3, 0.4) is 0 Å². The van der Waals surface area contributed by atoms with E-state index in [1.807, 2.05) is 12.1 Å². The zero-order valence-electron chi connectivity index (χ0n) is 27.2. The maximum atomic E-state index is 12.0. The van der Waals surface area contributed by atoms with E-state index in [0.717, 1.165) is 22.9 Å². The first-order chi connectivity index (χ1) is 23.0. The number of pyridine rings is 2. The highest BCUT2D eigenvalue weighted by molar-refractivity contribution is 7.99. The summed E-state index contributed by atoms with van der Waals surface area (Å²) in [6, 6.07) is 10.7. The lowest BCUT2D eigenvalue weighted by Gasteiger charge is -2.25. The Kier molecular flexibility index (Phi) is 19.3. The fourth-order valence-electron chi connectivity index (χ4n) is 4.55. The van der Waals surface area contributed by atoms with Crippen molar-refractivity contribution >= 4 is 41.1 Å². The van der Waals surface area contributed by atoms with Crippen LogP contribution in [0, 0.1) is 0 Å². The summed E-state index contributed by atoms with van der Waals surface area (Å²) >= 11 is 6.40. The highest BCUT2D eigenvalue weighted by Crippen LogP contribution is 2.10. The standard InChI is InChI=1S/C32H45N5O8S2/c1-40-31(38)29-7-3-5-26(34-29)21-36-10-14-42-18-19-43-15-11-37(22-27-6-4-8-30(35-27)32(39)41-2)13-17-45-28(23-44-16-12-36)24-47-20-9-33-25-46/h3-8,28H,9-24H2,1-2H3/t28-/m0/s1. The summed E-state index contributed by atoms with van der Waals surface area (Å²) in [5.74, 6) is 0.604. The molecule has 0 N–H and O–H groups in total. The van der Waals surface area contributed by atoms with E-state index in [0.29, 0.717) is 92.1 Å². The molecule has 0 spiro atoms. The quantitative estimate of drug-likeness (QED) is 0.148. The first kappa shape index (κ1) is 38.6. The molecule has 0 amide bonds. The van der Waals surface area contributed by atoms with Crippen LogP contribution in [0.2, 0.25) is 0 Å². The van der Waals surface area contributed by atoms with Gasteiger partial charge < -0.3 is 28.4 Å². The lowest BCUT2D eigenvalue weighted by atomic mass is 10.2. The molecule has 2 aromatic heterocycles. The van der Waals surface area contributed by atoms with Gasteiger partial charge >= 0.3 is 11.9 Å². The van der Waals surface area contributed by atoms with Crippen molar-refractivity contribution in [3.8, 4) is 0 Å². The summed E-state index contributed by atoms with van der Waals surface area (Å²) in [4.78, 5) is 41.3. The van der Waals surface area contributed by atoms with E-state index in [-0.39, 0.29) is 17.5 Å². The topological polar surface area (TPSA) is 134 Å². The van der Waals surface area contributed by atoms with Crippen LogP contribution in [-0.4, -0.2) is 148 Å². The average Bonchev–Trinajstić information content (AvgIpc) is 3.09. The summed E-state index contributed by atoms with van der Waals surface area (Å²) in [7, 11) is 2.68. The zero-order chi connectivity index (χ0) is 33.5. The zero-order valence-corrected chi connectivity index (χ0v) is 28.8. The number of ether oxygens (including phenoxy) is 6. The third-order valence-electron chi connectivity index (χ3n) is 6.98. The molecule has 1 atom stereocenters. The molecular formula is C32H45N5O8S2. The molecule has 1 aliphatic heterocycles. The van der Waals surface area contributed by atoms with Crippen LogP contribution in [0.1, 0.15) is 32.4 Å². The minimum Gasteiger partial charge on any atom is -0.464 e. The van der Waals surface area contributed by atoms with E-state index < -0.39 is 11.9 Å². The van der Waals surface area contributed by atoms with E-state index in [1.54, 1.807) is 36.0 Å². The van der Waals surface area contributed by atoms with Crippen molar-refractivity contribution < 1.29 is 38.0 Å². The summed E-state index contributed by atoms with van der Waals surface area (Å²) in [6.45, 7) is 7.51. The van der Waals surface area contributed by atoms with Gasteiger partial charge in [-0.1, -0.05) is 12.1 Å². The molecule has 0 saturated carbocycles. The Morgan fingerprint density at radius 3 is 1.91 bits per heavy atom. The molecule has 3 rings (SSSR count). The summed E-state index contributed by atoms with van der Waals surface area (Å²) in [6.07, 6.45) is -0.135. The van der Waals surface area contributed by atoms with Crippen LogP contribution in [0.5, 0.6) is 0 Å². The van der Waals surface area contributed by atoms with Crippen LogP contribution in [-0.2, 0) is 41.5 Å². The first-order valence-electron chi connectivity index (χ1n) is 15.5. The molecule has 0 unspecified atom stereocenters. The molecule has 2 aromatic rings. The third kappa shape index (κ3) is 15.7. The predicted octanol–water partition coefficient (Wildman–Crippen LogP) is 2.64. The van der Waals surface area contributed by atoms with E-state index in [4.69, 9.17) is 28.4 Å². The van der Waals surface area contributed by atoms with Crippen molar-refractivity contribution in [3.05, 3.63) is 59.2 Å². The Balaban J connectivity index is 1.63. The minimum atomic E-state index is -0.470. The van der Waals surface area contributed by atoms with Gasteiger partial charge in [-0.3, -0.25) is 9.80 Å². The van der Waals surface area contributed by atoms with E-state index in [1.165, 1.54) is 14.2 Å². The number of isothiocyanates is 1. The van der Waals surface area contributed by atoms with Crippen LogP contribution in [0.25, 0.3) is 0 Å². The van der Waals surface area contributed by atoms with E-state index in [2.05, 4.69) is 42.1 Å². The number of methoxy groups -OCH3 is 2. The SMILES string of the molecule is COC(=O)c1cccc(CN2CCOCCOCCN(Cc3cccc(C(=O)OC)n3)CCO[C@H](CSCCN=C=S)COCC2)n1. The molecule has 13 nitrogen and oxygen atoms in total. The van der Waals surface area contributed by atoms with Crippen LogP contribution >= 0.6 is 24.0 Å². The van der Waals surface area contributed by atoms with Gasteiger partial charge in [0.15, 0.2) is 0 Å². The number of esters is 2. The van der Waals surface area contributed by atoms with Gasteiger partial charge in [0.2, 0.25) is 0 Å². The average molecular weight is 692 g/mol. The Morgan fingerprint density at radius 2 is 1.38 bits per heavy atom. The van der Waals surface area contributed by atoms with Crippen LogP contribution < -0.4 is 0 Å². The van der Waals surface area contributed by atoms with Gasteiger partial charge in [-0.2, -0.15) is 11.8 Å². The Labute approximate surface area is 286 Å². The van der Waals surface area contributed by atoms with Gasteiger partial charge in [0.25, 0.3) is 0 Å². The van der Waals surface area contributed by atoms with Crippen molar-refractivity contribution in [1.82, 2.24) is 19.8 Å². The second-order valence-electron chi connectivity index (χ2n) is 10.4. The molecule has 0 radical (unpaired) electrons. The van der Waals surface area contributed by atoms with Crippen molar-refractivity contribution in [1.29, 1.82) is 0 Å². The van der Waals surface area contributed by atoms with Gasteiger partial charge in [-0.15, -0.1) is 0 Å². The van der Waals surface area contributed by atoms with E-state index in [9.17, 15) is 9.59 Å². The molecule has 0 aliphatic carbocycles. The lowest BCUT2D eigenvalue weighted by Crippen LogP contribution is -2.35. The molecule has 3 heterocycles. The second kappa shape index (κ2) is 23.5. The molecule has 0 bridgehead atoms. The van der Waals surface area contributed by atoms with Crippen LogP contribution in [0.15, 0.2) is 41.4 Å². The van der Waals surface area contributed by atoms with Crippen molar-refractivity contribution in [2.75, 3.05) is 105 Å². The molecule has 1 fully saturated rings. The monoisotopic (exact) mass is 691 g/mol. The maximum absolute atomic E-state index is 12.0. The van der Waals surface area contributed by atoms with Crippen molar-refractivity contribution in [2.45, 2.75) is 19.2 Å². The van der Waals surface area contributed by atoms with Crippen molar-refractivity contribution in [3.63, 3.8) is 0 Å². The first-order valence-corrected chi connectivity index (χ1v) is 17.1. The molecule has 0 aromatic carbocycles. The molecule has 1 saturated heterocycles. The third-order valence-corrected chi connectivity index (χ3v) is 8.19. The van der Waals surface area contributed by atoms with E-state index >= 15 is 0 Å². The summed E-state index contributed by atoms with van der Waals surface area (Å²) in [5.41, 5.74) is 2.05. The predicted molar refractivity (Wildman–Crippen MR) is 181 cm³/mol. The fraction of sp³-hybridized carbons (Fsp3) is 0.594. The Bertz CT molecular complexity index is 1270. The Hall–Kier alpha value is -2.85. The fourth-order valence-corrected chi connectivity index (χ4v) is 5.48. The maximum Gasteiger partial charge on any atom is 0.356 e. The lowest BCUT2D eigenvalue weighted by molar-refractivity contribution is -0.0238. The number of thiocarbonyl (C=S) groups is 1. The number of carbonyl (C=O) groups excluding carboxylic acids is 2. The van der Waals surface area contributed by atoms with Gasteiger partial charge in [0.1, 0.15) is 11.4 Å². The normalized spacial score (nSPS) is 18.3. The van der Waals surface area contributed by atoms with Gasteiger partial charge in [-0.05, 0) is 36.5 Å².